The fraction of sp³-hybridized carbons (Fsp3) is 0.647. The highest BCUT2D eigenvalue weighted by Gasteiger charge is 2.41. The zero-order valence-corrected chi connectivity index (χ0v) is 12.7. The van der Waals surface area contributed by atoms with Crippen LogP contribution in [-0.4, -0.2) is 24.0 Å². The Morgan fingerprint density at radius 1 is 1.30 bits per heavy atom. The van der Waals surface area contributed by atoms with E-state index in [9.17, 15) is 4.39 Å². The van der Waals surface area contributed by atoms with Crippen LogP contribution < -0.4 is 5.73 Å². The van der Waals surface area contributed by atoms with E-state index in [4.69, 9.17) is 5.73 Å². The SMILES string of the molecule is CCC1CCCCC1(CN)N(C)Cc1ccc(F)cc1. The molecule has 2 atom stereocenters. The summed E-state index contributed by atoms with van der Waals surface area (Å²) < 4.78 is 13.0. The summed E-state index contributed by atoms with van der Waals surface area (Å²) >= 11 is 0. The maximum Gasteiger partial charge on any atom is 0.123 e. The van der Waals surface area contributed by atoms with Gasteiger partial charge in [-0.15, -0.1) is 0 Å². The quantitative estimate of drug-likeness (QED) is 0.892. The number of likely N-dealkylation sites (N-methyl/N-ethyl adjacent to an activating group) is 1. The van der Waals surface area contributed by atoms with Crippen molar-refractivity contribution in [1.82, 2.24) is 4.90 Å². The van der Waals surface area contributed by atoms with Crippen LogP contribution >= 0.6 is 0 Å². The molecule has 2 nitrogen and oxygen atoms in total. The summed E-state index contributed by atoms with van der Waals surface area (Å²) in [5.41, 5.74) is 7.45. The van der Waals surface area contributed by atoms with Crippen LogP contribution in [0, 0.1) is 11.7 Å². The summed E-state index contributed by atoms with van der Waals surface area (Å²) in [6.07, 6.45) is 6.23. The molecule has 0 amide bonds. The van der Waals surface area contributed by atoms with Crippen LogP contribution in [0.3, 0.4) is 0 Å². The van der Waals surface area contributed by atoms with Crippen molar-refractivity contribution in [2.75, 3.05) is 13.6 Å². The smallest absolute Gasteiger partial charge is 0.123 e. The summed E-state index contributed by atoms with van der Waals surface area (Å²) in [5.74, 6) is 0.501. The molecule has 0 aliphatic heterocycles. The standard InChI is InChI=1S/C17H27FN2/c1-3-15-6-4-5-11-17(15,13-19)20(2)12-14-7-9-16(18)10-8-14/h7-10,15H,3-6,11-13,19H2,1-2H3. The summed E-state index contributed by atoms with van der Waals surface area (Å²) in [6.45, 7) is 3.82. The predicted molar refractivity (Wildman–Crippen MR) is 81.9 cm³/mol. The second-order valence-electron chi connectivity index (χ2n) is 6.14. The van der Waals surface area contributed by atoms with Crippen molar-refractivity contribution in [3.8, 4) is 0 Å². The third kappa shape index (κ3) is 3.04. The van der Waals surface area contributed by atoms with Gasteiger partial charge in [0, 0.05) is 18.6 Å². The molecule has 1 aromatic rings. The lowest BCUT2D eigenvalue weighted by atomic mass is 9.70. The number of halogens is 1. The summed E-state index contributed by atoms with van der Waals surface area (Å²) in [7, 11) is 2.17. The topological polar surface area (TPSA) is 29.3 Å². The maximum absolute atomic E-state index is 13.0. The molecule has 3 heteroatoms. The Balaban J connectivity index is 2.15. The van der Waals surface area contributed by atoms with Gasteiger partial charge in [-0.25, -0.2) is 4.39 Å². The van der Waals surface area contributed by atoms with E-state index >= 15 is 0 Å². The van der Waals surface area contributed by atoms with E-state index in [-0.39, 0.29) is 11.4 Å². The third-order valence-corrected chi connectivity index (χ3v) is 5.11. The first-order chi connectivity index (χ1) is 9.62. The lowest BCUT2D eigenvalue weighted by Gasteiger charge is -2.49. The van der Waals surface area contributed by atoms with Crippen LogP contribution in [0.1, 0.15) is 44.6 Å². The lowest BCUT2D eigenvalue weighted by Crippen LogP contribution is -2.58. The van der Waals surface area contributed by atoms with Crippen molar-refractivity contribution < 1.29 is 4.39 Å². The van der Waals surface area contributed by atoms with Crippen molar-refractivity contribution >= 4 is 0 Å². The zero-order chi connectivity index (χ0) is 14.6. The minimum absolute atomic E-state index is 0.112. The normalized spacial score (nSPS) is 26.9. The summed E-state index contributed by atoms with van der Waals surface area (Å²) in [4.78, 5) is 2.41. The molecule has 2 unspecified atom stereocenters. The highest BCUT2D eigenvalue weighted by atomic mass is 19.1. The maximum atomic E-state index is 13.0. The molecule has 20 heavy (non-hydrogen) atoms. The van der Waals surface area contributed by atoms with E-state index in [1.165, 1.54) is 44.2 Å². The molecule has 2 N–H and O–H groups in total. The van der Waals surface area contributed by atoms with Gasteiger partial charge in [-0.1, -0.05) is 38.3 Å². The van der Waals surface area contributed by atoms with Crippen molar-refractivity contribution in [2.45, 2.75) is 51.1 Å². The van der Waals surface area contributed by atoms with Gasteiger partial charge >= 0.3 is 0 Å². The molecular formula is C17H27FN2. The fourth-order valence-corrected chi connectivity index (χ4v) is 3.83. The van der Waals surface area contributed by atoms with Gasteiger partial charge in [-0.05, 0) is 43.5 Å². The van der Waals surface area contributed by atoms with Crippen LogP contribution in [-0.2, 0) is 6.54 Å². The molecule has 0 heterocycles. The molecule has 0 bridgehead atoms. The zero-order valence-electron chi connectivity index (χ0n) is 12.7. The monoisotopic (exact) mass is 278 g/mol. The minimum Gasteiger partial charge on any atom is -0.329 e. The average Bonchev–Trinajstić information content (AvgIpc) is 2.49. The second kappa shape index (κ2) is 6.68. The van der Waals surface area contributed by atoms with E-state index in [0.717, 1.165) is 12.1 Å². The predicted octanol–water partition coefficient (Wildman–Crippen LogP) is 3.56. The number of benzene rings is 1. The van der Waals surface area contributed by atoms with Gasteiger partial charge in [0.15, 0.2) is 0 Å². The number of nitrogens with zero attached hydrogens (tertiary/aromatic N) is 1. The minimum atomic E-state index is -0.172. The Morgan fingerprint density at radius 2 is 2.00 bits per heavy atom. The van der Waals surface area contributed by atoms with Crippen LogP contribution in [0.25, 0.3) is 0 Å². The van der Waals surface area contributed by atoms with Crippen molar-refractivity contribution in [3.05, 3.63) is 35.6 Å². The lowest BCUT2D eigenvalue weighted by molar-refractivity contribution is 0.0177. The van der Waals surface area contributed by atoms with E-state index in [1.54, 1.807) is 0 Å². The van der Waals surface area contributed by atoms with Gasteiger partial charge in [0.1, 0.15) is 5.82 Å². The Kier molecular flexibility index (Phi) is 5.17. The van der Waals surface area contributed by atoms with Gasteiger partial charge < -0.3 is 5.73 Å². The summed E-state index contributed by atoms with van der Waals surface area (Å²) in [5, 5.41) is 0. The first kappa shape index (κ1) is 15.5. The molecule has 0 saturated heterocycles. The Labute approximate surface area is 122 Å². The molecule has 1 fully saturated rings. The van der Waals surface area contributed by atoms with E-state index in [1.807, 2.05) is 12.1 Å². The number of rotatable bonds is 5. The van der Waals surface area contributed by atoms with Gasteiger partial charge in [-0.2, -0.15) is 0 Å². The third-order valence-electron chi connectivity index (χ3n) is 5.11. The van der Waals surface area contributed by atoms with E-state index in [2.05, 4.69) is 18.9 Å². The highest BCUT2D eigenvalue weighted by Crippen LogP contribution is 2.39. The Bertz CT molecular complexity index is 418. The summed E-state index contributed by atoms with van der Waals surface area (Å²) in [6, 6.07) is 6.83. The molecule has 112 valence electrons. The van der Waals surface area contributed by atoms with Gasteiger partial charge in [0.25, 0.3) is 0 Å². The first-order valence-corrected chi connectivity index (χ1v) is 7.78. The van der Waals surface area contributed by atoms with Gasteiger partial charge in [0.05, 0.1) is 0 Å². The molecule has 0 aromatic heterocycles. The number of nitrogens with two attached hydrogens (primary N) is 1. The average molecular weight is 278 g/mol. The second-order valence-corrected chi connectivity index (χ2v) is 6.14. The van der Waals surface area contributed by atoms with E-state index in [0.29, 0.717) is 12.5 Å². The molecule has 0 spiro atoms. The number of hydrogen-bond donors (Lipinski definition) is 1. The molecule has 2 rings (SSSR count). The van der Waals surface area contributed by atoms with Crippen molar-refractivity contribution in [3.63, 3.8) is 0 Å². The van der Waals surface area contributed by atoms with Gasteiger partial charge in [-0.3, -0.25) is 4.90 Å². The first-order valence-electron chi connectivity index (χ1n) is 7.78. The highest BCUT2D eigenvalue weighted by molar-refractivity contribution is 5.16. The molecule has 0 radical (unpaired) electrons. The number of hydrogen-bond acceptors (Lipinski definition) is 2. The van der Waals surface area contributed by atoms with Crippen LogP contribution in [0.2, 0.25) is 0 Å². The van der Waals surface area contributed by atoms with Crippen LogP contribution in [0.4, 0.5) is 4.39 Å². The molecule has 1 saturated carbocycles. The van der Waals surface area contributed by atoms with Crippen molar-refractivity contribution in [2.24, 2.45) is 11.7 Å². The molecule has 1 aliphatic rings. The van der Waals surface area contributed by atoms with Gasteiger partial charge in [0.2, 0.25) is 0 Å². The molecule has 1 aromatic carbocycles. The van der Waals surface area contributed by atoms with Crippen LogP contribution in [0.15, 0.2) is 24.3 Å². The van der Waals surface area contributed by atoms with Crippen LogP contribution in [0.5, 0.6) is 0 Å². The fourth-order valence-electron chi connectivity index (χ4n) is 3.83. The molecule has 1 aliphatic carbocycles. The Hall–Kier alpha value is -0.930. The van der Waals surface area contributed by atoms with Crippen molar-refractivity contribution in [1.29, 1.82) is 0 Å². The van der Waals surface area contributed by atoms with E-state index < -0.39 is 0 Å². The Morgan fingerprint density at radius 3 is 2.60 bits per heavy atom. The molecular weight excluding hydrogens is 251 g/mol. The largest absolute Gasteiger partial charge is 0.329 e.